The highest BCUT2D eigenvalue weighted by atomic mass is 32.2. The van der Waals surface area contributed by atoms with E-state index < -0.39 is 0 Å². The molecular formula is C13H23N3OS. The zero-order valence-electron chi connectivity index (χ0n) is 11.7. The minimum Gasteiger partial charge on any atom is -0.339 e. The van der Waals surface area contributed by atoms with E-state index in [1.165, 1.54) is 12.8 Å². The number of nitrogens with one attached hydrogen (secondary N) is 1. The summed E-state index contributed by atoms with van der Waals surface area (Å²) < 4.78 is 5.67. The van der Waals surface area contributed by atoms with Crippen LogP contribution < -0.4 is 5.32 Å². The molecule has 0 spiro atoms. The maximum Gasteiger partial charge on any atom is 0.231 e. The molecule has 1 aliphatic rings. The minimum atomic E-state index is 0.238. The predicted molar refractivity (Wildman–Crippen MR) is 74.8 cm³/mol. The fourth-order valence-corrected chi connectivity index (χ4v) is 3.04. The Bertz CT molecular complexity index is 386. The van der Waals surface area contributed by atoms with Gasteiger partial charge in [-0.15, -0.1) is 11.8 Å². The summed E-state index contributed by atoms with van der Waals surface area (Å²) in [6, 6.07) is 0.494. The molecule has 1 heterocycles. The molecule has 0 radical (unpaired) electrons. The Morgan fingerprint density at radius 3 is 2.83 bits per heavy atom. The summed E-state index contributed by atoms with van der Waals surface area (Å²) in [5.41, 5.74) is 0. The molecule has 102 valence electrons. The smallest absolute Gasteiger partial charge is 0.231 e. The van der Waals surface area contributed by atoms with E-state index in [0.29, 0.717) is 12.0 Å². The van der Waals surface area contributed by atoms with Crippen molar-refractivity contribution in [3.05, 3.63) is 11.7 Å². The monoisotopic (exact) mass is 269 g/mol. The van der Waals surface area contributed by atoms with Crippen LogP contribution in [0.15, 0.2) is 4.52 Å². The number of nitrogens with zero attached hydrogens (tertiary/aromatic N) is 2. The van der Waals surface area contributed by atoms with Crippen molar-refractivity contribution in [1.29, 1.82) is 0 Å². The first-order chi connectivity index (χ1) is 8.49. The molecular weight excluding hydrogens is 246 g/mol. The second-order valence-corrected chi connectivity index (χ2v) is 7.68. The molecule has 4 nitrogen and oxygen atoms in total. The summed E-state index contributed by atoms with van der Waals surface area (Å²) >= 11 is 1.85. The van der Waals surface area contributed by atoms with Gasteiger partial charge in [-0.3, -0.25) is 0 Å². The maximum absolute atomic E-state index is 5.43. The summed E-state index contributed by atoms with van der Waals surface area (Å²) in [4.78, 5) is 4.55. The van der Waals surface area contributed by atoms with E-state index in [-0.39, 0.29) is 4.75 Å². The van der Waals surface area contributed by atoms with Crippen LogP contribution in [0.3, 0.4) is 0 Å². The summed E-state index contributed by atoms with van der Waals surface area (Å²) in [5, 5.41) is 7.44. The van der Waals surface area contributed by atoms with Crippen molar-refractivity contribution in [2.24, 2.45) is 0 Å². The lowest BCUT2D eigenvalue weighted by atomic mass is 10.0. The van der Waals surface area contributed by atoms with Crippen molar-refractivity contribution in [2.45, 2.75) is 62.5 Å². The fraction of sp³-hybridized carbons (Fsp3) is 0.846. The van der Waals surface area contributed by atoms with Crippen molar-refractivity contribution in [3.63, 3.8) is 0 Å². The number of thioether (sulfide) groups is 1. The quantitative estimate of drug-likeness (QED) is 0.910. The van der Waals surface area contributed by atoms with E-state index >= 15 is 0 Å². The molecule has 1 aromatic rings. The average Bonchev–Trinajstić information content (AvgIpc) is 2.93. The Balaban J connectivity index is 1.97. The van der Waals surface area contributed by atoms with Crippen molar-refractivity contribution < 1.29 is 4.52 Å². The van der Waals surface area contributed by atoms with Gasteiger partial charge in [-0.1, -0.05) is 32.3 Å². The first kappa shape index (κ1) is 13.9. The lowest BCUT2D eigenvalue weighted by Gasteiger charge is -2.15. The van der Waals surface area contributed by atoms with Crippen molar-refractivity contribution in [3.8, 4) is 0 Å². The minimum absolute atomic E-state index is 0.238. The largest absolute Gasteiger partial charge is 0.339 e. The molecule has 0 aromatic carbocycles. The number of hydrogen-bond acceptors (Lipinski definition) is 5. The summed E-state index contributed by atoms with van der Waals surface area (Å²) in [7, 11) is 2.01. The zero-order chi connectivity index (χ0) is 13.2. The van der Waals surface area contributed by atoms with Crippen molar-refractivity contribution >= 4 is 11.8 Å². The van der Waals surface area contributed by atoms with Gasteiger partial charge in [0.05, 0.1) is 11.7 Å². The molecule has 1 fully saturated rings. The lowest BCUT2D eigenvalue weighted by Crippen LogP contribution is -2.27. The van der Waals surface area contributed by atoms with Gasteiger partial charge in [0.2, 0.25) is 5.89 Å². The molecule has 2 unspecified atom stereocenters. The third kappa shape index (κ3) is 3.48. The second-order valence-electron chi connectivity index (χ2n) is 5.88. The highest BCUT2D eigenvalue weighted by Crippen LogP contribution is 2.34. The Kier molecular flexibility index (Phi) is 4.33. The average molecular weight is 269 g/mol. The zero-order valence-corrected chi connectivity index (χ0v) is 12.5. The third-order valence-corrected chi connectivity index (χ3v) is 4.59. The Morgan fingerprint density at radius 1 is 1.39 bits per heavy atom. The molecule has 1 N–H and O–H groups in total. The first-order valence-electron chi connectivity index (χ1n) is 6.63. The lowest BCUT2D eigenvalue weighted by molar-refractivity contribution is 0.333. The van der Waals surface area contributed by atoms with Gasteiger partial charge in [0.1, 0.15) is 0 Å². The molecule has 2 rings (SSSR count). The SMILES string of the molecule is CNC1CCCC1c1nc(CSC(C)(C)C)no1. The normalized spacial score (nSPS) is 24.7. The molecule has 18 heavy (non-hydrogen) atoms. The van der Waals surface area contributed by atoms with Crippen LogP contribution in [0.2, 0.25) is 0 Å². The van der Waals surface area contributed by atoms with Crippen LogP contribution in [0.5, 0.6) is 0 Å². The Labute approximate surface area is 113 Å². The van der Waals surface area contributed by atoms with E-state index in [1.54, 1.807) is 0 Å². The van der Waals surface area contributed by atoms with Gasteiger partial charge >= 0.3 is 0 Å². The van der Waals surface area contributed by atoms with E-state index in [4.69, 9.17) is 4.52 Å². The van der Waals surface area contributed by atoms with E-state index in [1.807, 2.05) is 18.8 Å². The van der Waals surface area contributed by atoms with Gasteiger partial charge < -0.3 is 9.84 Å². The summed E-state index contributed by atoms with van der Waals surface area (Å²) in [5.74, 6) is 2.86. The van der Waals surface area contributed by atoms with Gasteiger partial charge in [0.25, 0.3) is 0 Å². The Hall–Kier alpha value is -0.550. The molecule has 1 aliphatic carbocycles. The van der Waals surface area contributed by atoms with Gasteiger partial charge in [0, 0.05) is 10.8 Å². The standard InChI is InChI=1S/C13H23N3OS/c1-13(2,3)18-8-11-15-12(17-16-11)9-6-5-7-10(9)14-4/h9-10,14H,5-8H2,1-4H3. The first-order valence-corrected chi connectivity index (χ1v) is 7.62. The molecule has 0 bridgehead atoms. The number of aromatic nitrogens is 2. The molecule has 5 heteroatoms. The van der Waals surface area contributed by atoms with Gasteiger partial charge in [-0.25, -0.2) is 0 Å². The van der Waals surface area contributed by atoms with Gasteiger partial charge in [-0.2, -0.15) is 4.98 Å². The van der Waals surface area contributed by atoms with Crippen molar-refractivity contribution in [1.82, 2.24) is 15.5 Å². The second kappa shape index (κ2) is 5.61. The number of rotatable bonds is 4. The van der Waals surface area contributed by atoms with E-state index in [2.05, 4.69) is 36.2 Å². The van der Waals surface area contributed by atoms with Crippen LogP contribution >= 0.6 is 11.8 Å². The van der Waals surface area contributed by atoms with Crippen LogP contribution in [0.4, 0.5) is 0 Å². The highest BCUT2D eigenvalue weighted by molar-refractivity contribution is 7.99. The van der Waals surface area contributed by atoms with Crippen LogP contribution in [-0.4, -0.2) is 28.0 Å². The molecule has 2 atom stereocenters. The fourth-order valence-electron chi connectivity index (χ4n) is 2.36. The topological polar surface area (TPSA) is 51.0 Å². The van der Waals surface area contributed by atoms with Crippen LogP contribution in [0, 0.1) is 0 Å². The molecule has 0 amide bonds. The highest BCUT2D eigenvalue weighted by Gasteiger charge is 2.31. The van der Waals surface area contributed by atoms with Crippen molar-refractivity contribution in [2.75, 3.05) is 7.05 Å². The molecule has 1 aromatic heterocycles. The van der Waals surface area contributed by atoms with E-state index in [0.717, 1.165) is 23.9 Å². The number of hydrogen-bond donors (Lipinski definition) is 1. The summed E-state index contributed by atoms with van der Waals surface area (Å²) in [6.07, 6.45) is 3.60. The predicted octanol–water partition coefficient (Wildman–Crippen LogP) is 2.96. The van der Waals surface area contributed by atoms with Crippen LogP contribution in [0.25, 0.3) is 0 Å². The van der Waals surface area contributed by atoms with Crippen LogP contribution in [0.1, 0.15) is 57.7 Å². The number of likely N-dealkylation sites (N-methyl/N-ethyl adjacent to an activating group) is 1. The van der Waals surface area contributed by atoms with Crippen LogP contribution in [-0.2, 0) is 5.75 Å². The molecule has 0 aliphatic heterocycles. The Morgan fingerprint density at radius 2 is 2.17 bits per heavy atom. The van der Waals surface area contributed by atoms with Gasteiger partial charge in [-0.05, 0) is 19.9 Å². The third-order valence-electron chi connectivity index (χ3n) is 3.32. The van der Waals surface area contributed by atoms with E-state index in [9.17, 15) is 0 Å². The van der Waals surface area contributed by atoms with Gasteiger partial charge in [0.15, 0.2) is 5.82 Å². The molecule has 0 saturated heterocycles. The maximum atomic E-state index is 5.43. The summed E-state index contributed by atoms with van der Waals surface area (Å²) in [6.45, 7) is 6.60. The molecule has 1 saturated carbocycles.